The molecule has 0 atom stereocenters. The maximum atomic E-state index is 5.57. The van der Waals surface area contributed by atoms with Crippen molar-refractivity contribution in [1.82, 2.24) is 0 Å². The minimum atomic E-state index is 0.660. The first-order valence-corrected chi connectivity index (χ1v) is 5.42. The largest absolute Gasteiger partial charge is 0.326 e. The standard InChI is InChI=1S/C10H13NS/c11-5-8-2-1-3-9(4-8)10-6-12-7-10/h1-4,10H,5-7,11H2. The first-order chi connectivity index (χ1) is 5.90. The summed E-state index contributed by atoms with van der Waals surface area (Å²) in [6, 6.07) is 8.66. The Bertz CT molecular complexity index is 268. The summed E-state index contributed by atoms with van der Waals surface area (Å²) in [6.45, 7) is 0.660. The van der Waals surface area contributed by atoms with Gasteiger partial charge in [0.05, 0.1) is 0 Å². The Morgan fingerprint density at radius 3 is 2.83 bits per heavy atom. The Kier molecular flexibility index (Phi) is 2.38. The van der Waals surface area contributed by atoms with E-state index in [1.165, 1.54) is 22.6 Å². The van der Waals surface area contributed by atoms with Gasteiger partial charge >= 0.3 is 0 Å². The molecular weight excluding hydrogens is 166 g/mol. The van der Waals surface area contributed by atoms with Gasteiger partial charge in [0, 0.05) is 24.0 Å². The van der Waals surface area contributed by atoms with E-state index in [0.717, 1.165) is 5.92 Å². The van der Waals surface area contributed by atoms with E-state index >= 15 is 0 Å². The summed E-state index contributed by atoms with van der Waals surface area (Å²) in [5, 5.41) is 0. The zero-order valence-corrected chi connectivity index (χ0v) is 7.81. The molecule has 2 N–H and O–H groups in total. The summed E-state index contributed by atoms with van der Waals surface area (Å²) >= 11 is 2.02. The molecule has 0 aliphatic carbocycles. The van der Waals surface area contributed by atoms with Crippen LogP contribution in [0.4, 0.5) is 0 Å². The smallest absolute Gasteiger partial charge is 0.0178 e. The number of thioether (sulfide) groups is 1. The molecule has 0 aromatic heterocycles. The molecule has 1 nitrogen and oxygen atoms in total. The minimum Gasteiger partial charge on any atom is -0.326 e. The predicted molar refractivity (Wildman–Crippen MR) is 54.4 cm³/mol. The second-order valence-electron chi connectivity index (χ2n) is 3.18. The van der Waals surface area contributed by atoms with Gasteiger partial charge in [-0.05, 0) is 11.1 Å². The van der Waals surface area contributed by atoms with E-state index in [1.807, 2.05) is 11.8 Å². The number of hydrogen-bond donors (Lipinski definition) is 1. The zero-order valence-electron chi connectivity index (χ0n) is 6.99. The molecular formula is C10H13NS. The third-order valence-electron chi connectivity index (χ3n) is 2.30. The van der Waals surface area contributed by atoms with Gasteiger partial charge in [-0.25, -0.2) is 0 Å². The van der Waals surface area contributed by atoms with Crippen molar-refractivity contribution < 1.29 is 0 Å². The molecule has 1 aromatic carbocycles. The van der Waals surface area contributed by atoms with Crippen LogP contribution in [0.5, 0.6) is 0 Å². The van der Waals surface area contributed by atoms with E-state index in [9.17, 15) is 0 Å². The van der Waals surface area contributed by atoms with Gasteiger partial charge in [0.25, 0.3) is 0 Å². The summed E-state index contributed by atoms with van der Waals surface area (Å²) in [5.41, 5.74) is 8.30. The van der Waals surface area contributed by atoms with Crippen LogP contribution >= 0.6 is 11.8 Å². The van der Waals surface area contributed by atoms with Crippen molar-refractivity contribution in [1.29, 1.82) is 0 Å². The molecule has 1 aliphatic rings. The molecule has 0 saturated carbocycles. The summed E-state index contributed by atoms with van der Waals surface area (Å²) in [5.74, 6) is 3.36. The number of rotatable bonds is 2. The van der Waals surface area contributed by atoms with E-state index in [2.05, 4.69) is 24.3 Å². The molecule has 1 fully saturated rings. The molecule has 0 amide bonds. The molecule has 2 rings (SSSR count). The lowest BCUT2D eigenvalue weighted by Gasteiger charge is -2.25. The van der Waals surface area contributed by atoms with Gasteiger partial charge in [-0.2, -0.15) is 11.8 Å². The van der Waals surface area contributed by atoms with Crippen molar-refractivity contribution in [2.45, 2.75) is 12.5 Å². The highest BCUT2D eigenvalue weighted by atomic mass is 32.2. The van der Waals surface area contributed by atoms with Gasteiger partial charge < -0.3 is 5.73 Å². The Balaban J connectivity index is 2.19. The molecule has 1 aromatic rings. The average Bonchev–Trinajstić information content (AvgIpc) is 2.02. The van der Waals surface area contributed by atoms with Crippen LogP contribution in [0.2, 0.25) is 0 Å². The number of benzene rings is 1. The van der Waals surface area contributed by atoms with E-state index < -0.39 is 0 Å². The van der Waals surface area contributed by atoms with Crippen molar-refractivity contribution >= 4 is 11.8 Å². The first kappa shape index (κ1) is 8.14. The number of nitrogens with two attached hydrogens (primary N) is 1. The third kappa shape index (κ3) is 1.50. The summed E-state index contributed by atoms with van der Waals surface area (Å²) < 4.78 is 0. The van der Waals surface area contributed by atoms with Gasteiger partial charge in [0.2, 0.25) is 0 Å². The fraction of sp³-hybridized carbons (Fsp3) is 0.400. The average molecular weight is 179 g/mol. The summed E-state index contributed by atoms with van der Waals surface area (Å²) in [7, 11) is 0. The van der Waals surface area contributed by atoms with Crippen molar-refractivity contribution in [3.8, 4) is 0 Å². The Morgan fingerprint density at radius 1 is 1.42 bits per heavy atom. The third-order valence-corrected chi connectivity index (χ3v) is 3.57. The van der Waals surface area contributed by atoms with Gasteiger partial charge in [0.15, 0.2) is 0 Å². The summed E-state index contributed by atoms with van der Waals surface area (Å²) in [6.07, 6.45) is 0. The molecule has 1 saturated heterocycles. The van der Waals surface area contributed by atoms with Crippen LogP contribution in [0, 0.1) is 0 Å². The highest BCUT2D eigenvalue weighted by Gasteiger charge is 2.19. The normalized spacial score (nSPS) is 17.4. The second-order valence-corrected chi connectivity index (χ2v) is 4.26. The fourth-order valence-corrected chi connectivity index (χ4v) is 2.26. The van der Waals surface area contributed by atoms with Crippen molar-refractivity contribution in [3.05, 3.63) is 35.4 Å². The van der Waals surface area contributed by atoms with Gasteiger partial charge in [0.1, 0.15) is 0 Å². The number of hydrogen-bond acceptors (Lipinski definition) is 2. The fourth-order valence-electron chi connectivity index (χ4n) is 1.40. The molecule has 0 bridgehead atoms. The molecule has 0 unspecified atom stereocenters. The quantitative estimate of drug-likeness (QED) is 0.751. The van der Waals surface area contributed by atoms with E-state index in [-0.39, 0.29) is 0 Å². The molecule has 1 aliphatic heterocycles. The van der Waals surface area contributed by atoms with Crippen LogP contribution in [-0.2, 0) is 6.54 Å². The molecule has 1 heterocycles. The van der Waals surface area contributed by atoms with E-state index in [4.69, 9.17) is 5.73 Å². The van der Waals surface area contributed by atoms with Crippen LogP contribution < -0.4 is 5.73 Å². The maximum absolute atomic E-state index is 5.57. The van der Waals surface area contributed by atoms with Gasteiger partial charge in [-0.3, -0.25) is 0 Å². The lowest BCUT2D eigenvalue weighted by atomic mass is 10.00. The molecule has 2 heteroatoms. The molecule has 0 spiro atoms. The predicted octanol–water partition coefficient (Wildman–Crippen LogP) is 1.98. The van der Waals surface area contributed by atoms with Gasteiger partial charge in [-0.15, -0.1) is 0 Å². The van der Waals surface area contributed by atoms with Crippen LogP contribution in [0.15, 0.2) is 24.3 Å². The zero-order chi connectivity index (χ0) is 8.39. The molecule has 0 radical (unpaired) electrons. The second kappa shape index (κ2) is 3.50. The highest BCUT2D eigenvalue weighted by Crippen LogP contribution is 2.33. The Morgan fingerprint density at radius 2 is 2.25 bits per heavy atom. The molecule has 64 valence electrons. The maximum Gasteiger partial charge on any atom is 0.0178 e. The van der Waals surface area contributed by atoms with Crippen LogP contribution in [0.25, 0.3) is 0 Å². The Hall–Kier alpha value is -0.470. The lowest BCUT2D eigenvalue weighted by Crippen LogP contribution is -2.15. The van der Waals surface area contributed by atoms with Crippen LogP contribution in [0.1, 0.15) is 17.0 Å². The van der Waals surface area contributed by atoms with Gasteiger partial charge in [-0.1, -0.05) is 24.3 Å². The van der Waals surface area contributed by atoms with Crippen molar-refractivity contribution in [2.75, 3.05) is 11.5 Å². The topological polar surface area (TPSA) is 26.0 Å². The highest BCUT2D eigenvalue weighted by molar-refractivity contribution is 8.00. The molecule has 12 heavy (non-hydrogen) atoms. The first-order valence-electron chi connectivity index (χ1n) is 4.27. The van der Waals surface area contributed by atoms with Crippen molar-refractivity contribution in [2.24, 2.45) is 5.73 Å². The van der Waals surface area contributed by atoms with E-state index in [0.29, 0.717) is 6.54 Å². The van der Waals surface area contributed by atoms with Crippen molar-refractivity contribution in [3.63, 3.8) is 0 Å². The SMILES string of the molecule is NCc1cccc(C2CSC2)c1. The van der Waals surface area contributed by atoms with Crippen LogP contribution in [0.3, 0.4) is 0 Å². The van der Waals surface area contributed by atoms with E-state index in [1.54, 1.807) is 0 Å². The monoisotopic (exact) mass is 179 g/mol. The Labute approximate surface area is 77.3 Å². The summed E-state index contributed by atoms with van der Waals surface area (Å²) in [4.78, 5) is 0. The van der Waals surface area contributed by atoms with Crippen LogP contribution in [-0.4, -0.2) is 11.5 Å². The lowest BCUT2D eigenvalue weighted by molar-refractivity contribution is 0.845. The minimum absolute atomic E-state index is 0.660.